The first-order chi connectivity index (χ1) is 14.7. The lowest BCUT2D eigenvalue weighted by Gasteiger charge is -2.36. The lowest BCUT2D eigenvalue weighted by atomic mass is 9.98. The molecule has 0 bridgehead atoms. The molecular formula is C23H22ClF2N2O3-. The van der Waals surface area contributed by atoms with E-state index < -0.39 is 12.0 Å². The van der Waals surface area contributed by atoms with Gasteiger partial charge in [0.05, 0.1) is 11.6 Å². The maximum Gasteiger partial charge on any atom is 0.250 e. The minimum absolute atomic E-state index is 0.00229. The number of hydrogen-bond acceptors (Lipinski definition) is 4. The zero-order valence-electron chi connectivity index (χ0n) is 17.0. The molecule has 1 N–H and O–H groups in total. The summed E-state index contributed by atoms with van der Waals surface area (Å²) in [5, 5.41) is 13.9. The highest BCUT2D eigenvalue weighted by molar-refractivity contribution is 6.35. The minimum Gasteiger partial charge on any atom is -0.530 e. The Hall–Kier alpha value is -2.64. The number of nitrogens with one attached hydrogen (secondary N) is 1. The van der Waals surface area contributed by atoms with E-state index in [2.05, 4.69) is 10.2 Å². The van der Waals surface area contributed by atoms with Crippen LogP contribution < -0.4 is 10.4 Å². The Bertz CT molecular complexity index is 1090. The molecule has 1 aliphatic rings. The van der Waals surface area contributed by atoms with Gasteiger partial charge in [-0.15, -0.1) is 0 Å². The van der Waals surface area contributed by atoms with Crippen LogP contribution in [0, 0.1) is 0 Å². The molecule has 1 aromatic heterocycles. The monoisotopic (exact) mass is 447 g/mol. The second-order valence-corrected chi connectivity index (χ2v) is 8.33. The van der Waals surface area contributed by atoms with Crippen molar-refractivity contribution in [2.24, 2.45) is 0 Å². The second-order valence-electron chi connectivity index (χ2n) is 7.92. The Balaban J connectivity index is 1.52. The first-order valence-corrected chi connectivity index (χ1v) is 10.5. The van der Waals surface area contributed by atoms with E-state index in [0.717, 1.165) is 22.1 Å². The summed E-state index contributed by atoms with van der Waals surface area (Å²) in [6, 6.07) is 13.5. The van der Waals surface area contributed by atoms with Gasteiger partial charge in [-0.3, -0.25) is 4.90 Å². The van der Waals surface area contributed by atoms with Gasteiger partial charge in [-0.2, -0.15) is 0 Å². The number of carboxylic acid groups (broad SMARTS) is 1. The fourth-order valence-corrected chi connectivity index (χ4v) is 4.25. The first kappa shape index (κ1) is 21.6. The van der Waals surface area contributed by atoms with E-state index in [4.69, 9.17) is 16.0 Å². The third-order valence-electron chi connectivity index (χ3n) is 5.83. The van der Waals surface area contributed by atoms with E-state index in [1.54, 1.807) is 12.1 Å². The number of alkyl halides is 2. The van der Waals surface area contributed by atoms with E-state index in [9.17, 15) is 18.7 Å². The second kappa shape index (κ2) is 8.48. The summed E-state index contributed by atoms with van der Waals surface area (Å²) in [5.74, 6) is -2.11. The van der Waals surface area contributed by atoms with Gasteiger partial charge >= 0.3 is 0 Å². The molecule has 2 aromatic carbocycles. The van der Waals surface area contributed by atoms with E-state index in [-0.39, 0.29) is 25.4 Å². The number of furan rings is 1. The highest BCUT2D eigenvalue weighted by Gasteiger charge is 2.35. The Morgan fingerprint density at radius 3 is 2.52 bits per heavy atom. The molecule has 1 aliphatic heterocycles. The van der Waals surface area contributed by atoms with Crippen LogP contribution in [0.2, 0.25) is 5.02 Å². The van der Waals surface area contributed by atoms with Gasteiger partial charge < -0.3 is 19.6 Å². The summed E-state index contributed by atoms with van der Waals surface area (Å²) in [7, 11) is 0. The standard InChI is InChI=1S/C23H23ClF2N2O3/c1-14(28-8-6-23(25,26)7-9-28)15-2-4-16(5-3-15)17-10-18-11-19(13-27-22(29)30)31-21(18)20(24)12-17/h2-5,10-12,14,27H,6-9,13H2,1H3,(H,29,30)/p-1. The number of piperidine rings is 1. The number of nitrogens with zero attached hydrogens (tertiary/aromatic N) is 1. The van der Waals surface area contributed by atoms with E-state index in [1.807, 2.05) is 37.3 Å². The van der Waals surface area contributed by atoms with E-state index in [1.165, 1.54) is 0 Å². The Labute approximate surface area is 183 Å². The summed E-state index contributed by atoms with van der Waals surface area (Å²) in [5.41, 5.74) is 3.42. The quantitative estimate of drug-likeness (QED) is 0.599. The summed E-state index contributed by atoms with van der Waals surface area (Å²) >= 11 is 6.38. The number of carbonyl (C=O) groups is 1. The summed E-state index contributed by atoms with van der Waals surface area (Å²) in [6.45, 7) is 2.81. The van der Waals surface area contributed by atoms with Crippen LogP contribution in [0.25, 0.3) is 22.1 Å². The normalized spacial score (nSPS) is 17.5. The molecular weight excluding hydrogens is 426 g/mol. The molecule has 0 radical (unpaired) electrons. The molecule has 1 fully saturated rings. The largest absolute Gasteiger partial charge is 0.530 e. The van der Waals surface area contributed by atoms with Crippen molar-refractivity contribution in [2.75, 3.05) is 13.1 Å². The van der Waals surface area contributed by atoms with Crippen LogP contribution in [0.1, 0.15) is 37.1 Å². The topological polar surface area (TPSA) is 68.5 Å². The predicted octanol–water partition coefficient (Wildman–Crippen LogP) is 4.98. The number of benzene rings is 2. The Morgan fingerprint density at radius 1 is 1.19 bits per heavy atom. The molecule has 31 heavy (non-hydrogen) atoms. The lowest BCUT2D eigenvalue weighted by molar-refractivity contribution is -0.251. The number of rotatable bonds is 5. The average molecular weight is 448 g/mol. The smallest absolute Gasteiger partial charge is 0.250 e. The molecule has 1 saturated heterocycles. The third-order valence-corrected chi connectivity index (χ3v) is 6.11. The first-order valence-electron chi connectivity index (χ1n) is 10.1. The SMILES string of the molecule is CC(c1ccc(-c2cc(Cl)c3oc(CNC(=O)[O-])cc3c2)cc1)N1CCC(F)(F)CC1. The molecule has 1 amide bonds. The van der Waals surface area contributed by atoms with Crippen LogP contribution >= 0.6 is 11.6 Å². The highest BCUT2D eigenvalue weighted by atomic mass is 35.5. The number of fused-ring (bicyclic) bond motifs is 1. The Kier molecular flexibility index (Phi) is 5.90. The summed E-state index contributed by atoms with van der Waals surface area (Å²) < 4.78 is 32.5. The molecule has 164 valence electrons. The molecule has 5 nitrogen and oxygen atoms in total. The molecule has 0 saturated carbocycles. The van der Waals surface area contributed by atoms with Gasteiger partial charge in [0.1, 0.15) is 11.9 Å². The number of halogens is 3. The maximum absolute atomic E-state index is 13.4. The van der Waals surface area contributed by atoms with Crippen LogP contribution in [-0.4, -0.2) is 30.0 Å². The van der Waals surface area contributed by atoms with Gasteiger partial charge in [-0.25, -0.2) is 8.78 Å². The third kappa shape index (κ3) is 4.83. The van der Waals surface area contributed by atoms with Crippen molar-refractivity contribution in [3.8, 4) is 11.1 Å². The summed E-state index contributed by atoms with van der Waals surface area (Å²) in [6.07, 6.45) is -1.57. The fraction of sp³-hybridized carbons (Fsp3) is 0.348. The van der Waals surface area contributed by atoms with Crippen molar-refractivity contribution in [1.82, 2.24) is 10.2 Å². The van der Waals surface area contributed by atoms with Crippen molar-refractivity contribution >= 4 is 28.7 Å². The van der Waals surface area contributed by atoms with Crippen LogP contribution in [0.15, 0.2) is 46.9 Å². The van der Waals surface area contributed by atoms with Crippen molar-refractivity contribution in [2.45, 2.75) is 38.3 Å². The lowest BCUT2D eigenvalue weighted by Crippen LogP contribution is -2.40. The van der Waals surface area contributed by atoms with Gasteiger partial charge in [-0.05, 0) is 41.8 Å². The predicted molar refractivity (Wildman–Crippen MR) is 113 cm³/mol. The van der Waals surface area contributed by atoms with E-state index >= 15 is 0 Å². The molecule has 2 heterocycles. The number of likely N-dealkylation sites (tertiary alicyclic amines) is 1. The van der Waals surface area contributed by atoms with E-state index in [0.29, 0.717) is 29.5 Å². The maximum atomic E-state index is 13.4. The number of hydrogen-bond donors (Lipinski definition) is 1. The molecule has 4 rings (SSSR count). The zero-order valence-corrected chi connectivity index (χ0v) is 17.7. The number of carbonyl (C=O) groups excluding carboxylic acids is 1. The van der Waals surface area contributed by atoms with Gasteiger partial charge in [0.2, 0.25) is 0 Å². The molecule has 1 unspecified atom stereocenters. The molecule has 8 heteroatoms. The fourth-order valence-electron chi connectivity index (χ4n) is 3.98. The van der Waals surface area contributed by atoms with Gasteiger partial charge in [-0.1, -0.05) is 35.9 Å². The van der Waals surface area contributed by atoms with Crippen LogP contribution in [0.3, 0.4) is 0 Å². The summed E-state index contributed by atoms with van der Waals surface area (Å²) in [4.78, 5) is 12.7. The molecule has 1 atom stereocenters. The van der Waals surface area contributed by atoms with Crippen molar-refractivity contribution in [3.05, 3.63) is 58.8 Å². The molecule has 3 aromatic rings. The number of amides is 1. The van der Waals surface area contributed by atoms with Crippen molar-refractivity contribution in [1.29, 1.82) is 0 Å². The van der Waals surface area contributed by atoms with Crippen LogP contribution in [0.4, 0.5) is 13.6 Å². The van der Waals surface area contributed by atoms with Crippen LogP contribution in [-0.2, 0) is 6.54 Å². The van der Waals surface area contributed by atoms with Gasteiger partial charge in [0, 0.05) is 37.4 Å². The molecule has 0 spiro atoms. The van der Waals surface area contributed by atoms with Gasteiger partial charge in [0.25, 0.3) is 5.92 Å². The highest BCUT2D eigenvalue weighted by Crippen LogP contribution is 2.35. The minimum atomic E-state index is -2.55. The van der Waals surface area contributed by atoms with Crippen molar-refractivity contribution in [3.63, 3.8) is 0 Å². The average Bonchev–Trinajstić information content (AvgIpc) is 3.16. The van der Waals surface area contributed by atoms with Crippen LogP contribution in [0.5, 0.6) is 0 Å². The van der Waals surface area contributed by atoms with Gasteiger partial charge in [0.15, 0.2) is 5.58 Å². The molecule has 0 aliphatic carbocycles. The zero-order chi connectivity index (χ0) is 22.2. The van der Waals surface area contributed by atoms with Crippen molar-refractivity contribution < 1.29 is 23.1 Å². The Morgan fingerprint density at radius 2 is 1.87 bits per heavy atom.